The summed E-state index contributed by atoms with van der Waals surface area (Å²) in [6.45, 7) is 12.6. The molecule has 1 heterocycles. The maximum absolute atomic E-state index is 11.4. The molecule has 7 atom stereocenters. The van der Waals surface area contributed by atoms with Gasteiger partial charge in [0.25, 0.3) is 0 Å². The average Bonchev–Trinajstić information content (AvgIpc) is 2.99. The Morgan fingerprint density at radius 3 is 2.70 bits per heavy atom. The van der Waals surface area contributed by atoms with E-state index in [1.165, 1.54) is 6.08 Å². The number of hydrogen-bond donors (Lipinski definition) is 3. The number of rotatable bonds is 6. The Balaban J connectivity index is 1.73. The molecule has 2 fully saturated rings. The third-order valence-electron chi connectivity index (χ3n) is 8.06. The fourth-order valence-corrected chi connectivity index (χ4v) is 6.67. The number of esters is 1. The summed E-state index contributed by atoms with van der Waals surface area (Å²) in [5.41, 5.74) is 2.54. The van der Waals surface area contributed by atoms with E-state index in [1.807, 2.05) is 6.92 Å². The molecule has 0 saturated heterocycles. The number of fused-ring (bicyclic) bond motifs is 1. The second-order valence-corrected chi connectivity index (χ2v) is 10.4. The standard InChI is InChI=1S/C25H38O5/c1-15(11-19(27)22-17(3)13-21(29)30-22)7-8-18-16(2)12-20(28)23-24(4,14-26)9-6-10-25(18,23)5/h11,13,18-20,22-23,26-28H,2,6-10,12,14H2,1,3-5H3/b15-11+/t18-,19-,20-,22-,23-,24-,25+/m0/s1. The van der Waals surface area contributed by atoms with Crippen LogP contribution in [-0.2, 0) is 9.53 Å². The molecule has 0 aromatic carbocycles. The molecule has 0 unspecified atom stereocenters. The Hall–Kier alpha value is -1.43. The van der Waals surface area contributed by atoms with Gasteiger partial charge in [0, 0.05) is 12.7 Å². The fraction of sp³-hybridized carbons (Fsp3) is 0.720. The van der Waals surface area contributed by atoms with Crippen molar-refractivity contribution in [3.8, 4) is 0 Å². The molecule has 3 aliphatic rings. The summed E-state index contributed by atoms with van der Waals surface area (Å²) in [5.74, 6) is -0.0776. The summed E-state index contributed by atoms with van der Waals surface area (Å²) in [6, 6.07) is 0. The normalized spacial score (nSPS) is 40.6. The van der Waals surface area contributed by atoms with Gasteiger partial charge in [-0.05, 0) is 74.2 Å². The molecule has 1 aliphatic heterocycles. The molecule has 2 saturated carbocycles. The minimum atomic E-state index is -0.847. The summed E-state index contributed by atoms with van der Waals surface area (Å²) in [7, 11) is 0. The number of carbonyl (C=O) groups is 1. The summed E-state index contributed by atoms with van der Waals surface area (Å²) in [5, 5.41) is 31.5. The van der Waals surface area contributed by atoms with Gasteiger partial charge < -0.3 is 20.1 Å². The van der Waals surface area contributed by atoms with Crippen LogP contribution in [0.2, 0.25) is 0 Å². The number of aliphatic hydroxyl groups excluding tert-OH is 3. The first kappa shape index (κ1) is 23.2. The van der Waals surface area contributed by atoms with E-state index in [9.17, 15) is 20.1 Å². The highest BCUT2D eigenvalue weighted by atomic mass is 16.6. The van der Waals surface area contributed by atoms with Crippen LogP contribution in [0, 0.1) is 22.7 Å². The molecular weight excluding hydrogens is 380 g/mol. The molecule has 168 valence electrons. The van der Waals surface area contributed by atoms with E-state index in [0.29, 0.717) is 6.42 Å². The van der Waals surface area contributed by atoms with Gasteiger partial charge in [0.2, 0.25) is 0 Å². The summed E-state index contributed by atoms with van der Waals surface area (Å²) in [6.07, 6.45) is 6.63. The molecule has 5 heteroatoms. The first-order chi connectivity index (χ1) is 14.0. The molecule has 0 amide bonds. The van der Waals surface area contributed by atoms with Crippen molar-refractivity contribution in [3.63, 3.8) is 0 Å². The van der Waals surface area contributed by atoms with Gasteiger partial charge in [-0.15, -0.1) is 0 Å². The number of cyclic esters (lactones) is 1. The van der Waals surface area contributed by atoms with Crippen LogP contribution in [-0.4, -0.2) is 46.2 Å². The van der Waals surface area contributed by atoms with Crippen LogP contribution in [0.4, 0.5) is 0 Å². The van der Waals surface area contributed by atoms with Gasteiger partial charge in [0.05, 0.1) is 6.10 Å². The highest BCUT2D eigenvalue weighted by Crippen LogP contribution is 2.61. The smallest absolute Gasteiger partial charge is 0.331 e. The first-order valence-corrected chi connectivity index (χ1v) is 11.2. The second kappa shape index (κ2) is 8.60. The quantitative estimate of drug-likeness (QED) is 0.452. The molecule has 3 rings (SSSR count). The predicted octanol–water partition coefficient (Wildman–Crippen LogP) is 3.69. The van der Waals surface area contributed by atoms with Crippen LogP contribution < -0.4 is 0 Å². The summed E-state index contributed by atoms with van der Waals surface area (Å²) < 4.78 is 5.19. The zero-order chi connectivity index (χ0) is 22.3. The molecule has 0 bridgehead atoms. The van der Waals surface area contributed by atoms with E-state index in [-0.39, 0.29) is 29.3 Å². The second-order valence-electron chi connectivity index (χ2n) is 10.4. The molecule has 0 aromatic heterocycles. The molecule has 3 N–H and O–H groups in total. The van der Waals surface area contributed by atoms with Crippen LogP contribution in [0.1, 0.15) is 66.2 Å². The van der Waals surface area contributed by atoms with Gasteiger partial charge >= 0.3 is 5.97 Å². The van der Waals surface area contributed by atoms with Gasteiger partial charge in [-0.3, -0.25) is 0 Å². The molecule has 0 radical (unpaired) electrons. The number of carbonyl (C=O) groups excluding carboxylic acids is 1. The third-order valence-corrected chi connectivity index (χ3v) is 8.06. The Kier molecular flexibility index (Phi) is 6.66. The van der Waals surface area contributed by atoms with Gasteiger partial charge in [-0.2, -0.15) is 0 Å². The Labute approximate surface area is 180 Å². The molecular formula is C25H38O5. The molecule has 0 aromatic rings. The first-order valence-electron chi connectivity index (χ1n) is 11.2. The van der Waals surface area contributed by atoms with Crippen molar-refractivity contribution in [2.45, 2.75) is 84.5 Å². The van der Waals surface area contributed by atoms with E-state index < -0.39 is 24.3 Å². The van der Waals surface area contributed by atoms with E-state index in [0.717, 1.165) is 48.8 Å². The lowest BCUT2D eigenvalue weighted by Gasteiger charge is -2.60. The molecule has 0 spiro atoms. The zero-order valence-corrected chi connectivity index (χ0v) is 18.9. The lowest BCUT2D eigenvalue weighted by atomic mass is 9.46. The van der Waals surface area contributed by atoms with E-state index in [1.54, 1.807) is 13.0 Å². The van der Waals surface area contributed by atoms with Crippen molar-refractivity contribution in [2.75, 3.05) is 6.61 Å². The highest BCUT2D eigenvalue weighted by Gasteiger charge is 2.57. The monoisotopic (exact) mass is 418 g/mol. The lowest BCUT2D eigenvalue weighted by Crippen LogP contribution is -2.57. The molecule has 30 heavy (non-hydrogen) atoms. The van der Waals surface area contributed by atoms with Crippen molar-refractivity contribution in [3.05, 3.63) is 35.5 Å². The Morgan fingerprint density at radius 1 is 1.40 bits per heavy atom. The topological polar surface area (TPSA) is 87.0 Å². The van der Waals surface area contributed by atoms with Crippen molar-refractivity contribution in [1.29, 1.82) is 0 Å². The molecule has 5 nitrogen and oxygen atoms in total. The number of ether oxygens (including phenoxy) is 1. The van der Waals surface area contributed by atoms with Crippen LogP contribution in [0.5, 0.6) is 0 Å². The average molecular weight is 419 g/mol. The summed E-state index contributed by atoms with van der Waals surface area (Å²) in [4.78, 5) is 11.4. The van der Waals surface area contributed by atoms with Gasteiger partial charge in [-0.1, -0.05) is 44.1 Å². The van der Waals surface area contributed by atoms with Crippen molar-refractivity contribution in [1.82, 2.24) is 0 Å². The molecule has 2 aliphatic carbocycles. The van der Waals surface area contributed by atoms with E-state index in [2.05, 4.69) is 20.4 Å². The third kappa shape index (κ3) is 4.17. The summed E-state index contributed by atoms with van der Waals surface area (Å²) >= 11 is 0. The van der Waals surface area contributed by atoms with Crippen LogP contribution in [0.15, 0.2) is 35.5 Å². The lowest BCUT2D eigenvalue weighted by molar-refractivity contribution is -0.142. The van der Waals surface area contributed by atoms with Crippen LogP contribution in [0.25, 0.3) is 0 Å². The minimum Gasteiger partial charge on any atom is -0.452 e. The van der Waals surface area contributed by atoms with Gasteiger partial charge in [0.1, 0.15) is 6.10 Å². The number of aliphatic hydroxyl groups is 3. The van der Waals surface area contributed by atoms with Crippen LogP contribution in [0.3, 0.4) is 0 Å². The fourth-order valence-electron chi connectivity index (χ4n) is 6.67. The van der Waals surface area contributed by atoms with Crippen molar-refractivity contribution in [2.24, 2.45) is 22.7 Å². The maximum Gasteiger partial charge on any atom is 0.331 e. The van der Waals surface area contributed by atoms with Crippen molar-refractivity contribution < 1.29 is 24.9 Å². The number of hydrogen-bond acceptors (Lipinski definition) is 5. The highest BCUT2D eigenvalue weighted by molar-refractivity contribution is 5.85. The largest absolute Gasteiger partial charge is 0.452 e. The maximum atomic E-state index is 11.4. The zero-order valence-electron chi connectivity index (χ0n) is 18.9. The van der Waals surface area contributed by atoms with E-state index >= 15 is 0 Å². The SMILES string of the molecule is C=C1C[C@H](O)[C@H]2[C@](C)(CO)CCC[C@]2(C)[C@H]1CC/C(C)=C/[C@H](O)[C@H]1OC(=O)C=C1C. The van der Waals surface area contributed by atoms with Crippen molar-refractivity contribution >= 4 is 5.97 Å². The van der Waals surface area contributed by atoms with Crippen LogP contribution >= 0.6 is 0 Å². The van der Waals surface area contributed by atoms with Gasteiger partial charge in [-0.25, -0.2) is 4.79 Å². The Bertz CT molecular complexity index is 753. The number of allylic oxidation sites excluding steroid dienone is 1. The minimum absolute atomic E-state index is 0.0554. The Morgan fingerprint density at radius 2 is 2.10 bits per heavy atom. The predicted molar refractivity (Wildman–Crippen MR) is 117 cm³/mol. The van der Waals surface area contributed by atoms with Gasteiger partial charge in [0.15, 0.2) is 6.10 Å². The van der Waals surface area contributed by atoms with E-state index in [4.69, 9.17) is 4.74 Å².